The molecule has 1 aromatic heterocycles. The number of nitrogens with zero attached hydrogens (tertiary/aromatic N) is 2. The molecule has 0 radical (unpaired) electrons. The van der Waals surface area contributed by atoms with Gasteiger partial charge in [-0.05, 0) is 43.5 Å². The molecule has 0 saturated carbocycles. The lowest BCUT2D eigenvalue weighted by molar-refractivity contribution is -0.132. The number of likely N-dealkylation sites (N-methyl/N-ethyl adjacent to an activating group) is 1. The average molecular weight is 345 g/mol. The maximum absolute atomic E-state index is 12.4. The summed E-state index contributed by atoms with van der Waals surface area (Å²) in [5.74, 6) is -0.138. The molecule has 24 heavy (non-hydrogen) atoms. The summed E-state index contributed by atoms with van der Waals surface area (Å²) in [7, 11) is 1.85. The molecule has 1 saturated heterocycles. The molecule has 1 aliphatic heterocycles. The lowest BCUT2D eigenvalue weighted by atomic mass is 9.96. The minimum atomic E-state index is -0.220. The Hall–Kier alpha value is -1.92. The van der Waals surface area contributed by atoms with E-state index < -0.39 is 0 Å². The van der Waals surface area contributed by atoms with E-state index in [0.717, 1.165) is 25.9 Å². The number of piperidine rings is 1. The first kappa shape index (κ1) is 16.9. The van der Waals surface area contributed by atoms with Crippen LogP contribution in [0.3, 0.4) is 0 Å². The molecule has 2 aromatic rings. The predicted molar refractivity (Wildman–Crippen MR) is 96.7 cm³/mol. The van der Waals surface area contributed by atoms with Crippen LogP contribution in [-0.4, -0.2) is 48.3 Å². The van der Waals surface area contributed by atoms with Crippen LogP contribution in [0.5, 0.6) is 0 Å². The Kier molecular flexibility index (Phi) is 5.16. The Morgan fingerprint density at radius 3 is 2.67 bits per heavy atom. The molecule has 0 aliphatic carbocycles. The number of fused-ring (bicyclic) bond motifs is 1. The SMILES string of the molecule is CN(Cc1cc2ccccc2s1)C(=O)CN1CCC(C(N)=O)CC1. The largest absolute Gasteiger partial charge is 0.369 e. The smallest absolute Gasteiger partial charge is 0.236 e. The molecule has 128 valence electrons. The molecule has 6 heteroatoms. The van der Waals surface area contributed by atoms with Gasteiger partial charge in [0, 0.05) is 22.5 Å². The van der Waals surface area contributed by atoms with Crippen LogP contribution in [0.15, 0.2) is 30.3 Å². The van der Waals surface area contributed by atoms with Crippen LogP contribution in [0.4, 0.5) is 0 Å². The van der Waals surface area contributed by atoms with Gasteiger partial charge in [0.25, 0.3) is 0 Å². The number of hydrogen-bond donors (Lipinski definition) is 1. The topological polar surface area (TPSA) is 66.6 Å². The summed E-state index contributed by atoms with van der Waals surface area (Å²) in [6.45, 7) is 2.56. The summed E-state index contributed by atoms with van der Waals surface area (Å²) in [6, 6.07) is 10.4. The van der Waals surface area contributed by atoms with Crippen molar-refractivity contribution in [1.29, 1.82) is 0 Å². The fraction of sp³-hybridized carbons (Fsp3) is 0.444. The van der Waals surface area contributed by atoms with Crippen molar-refractivity contribution in [3.05, 3.63) is 35.2 Å². The predicted octanol–water partition coefficient (Wildman–Crippen LogP) is 2.06. The number of nitrogens with two attached hydrogens (primary N) is 1. The van der Waals surface area contributed by atoms with Crippen LogP contribution in [0, 0.1) is 5.92 Å². The van der Waals surface area contributed by atoms with E-state index in [1.807, 2.05) is 19.2 Å². The van der Waals surface area contributed by atoms with E-state index in [9.17, 15) is 9.59 Å². The molecule has 1 fully saturated rings. The Bertz CT molecular complexity index is 702. The van der Waals surface area contributed by atoms with E-state index in [1.54, 1.807) is 16.2 Å². The molecule has 3 rings (SSSR count). The maximum Gasteiger partial charge on any atom is 0.236 e. The second-order valence-corrected chi connectivity index (χ2v) is 7.62. The number of benzene rings is 1. The normalized spacial score (nSPS) is 16.4. The highest BCUT2D eigenvalue weighted by molar-refractivity contribution is 7.19. The first-order valence-corrected chi connectivity index (χ1v) is 9.07. The van der Waals surface area contributed by atoms with Crippen molar-refractivity contribution >= 4 is 33.2 Å². The van der Waals surface area contributed by atoms with Crippen molar-refractivity contribution in [3.63, 3.8) is 0 Å². The van der Waals surface area contributed by atoms with E-state index in [0.29, 0.717) is 13.1 Å². The number of thiophene rings is 1. The second-order valence-electron chi connectivity index (χ2n) is 6.45. The van der Waals surface area contributed by atoms with Crippen LogP contribution < -0.4 is 5.73 Å². The number of amides is 2. The number of rotatable bonds is 5. The molecular weight excluding hydrogens is 322 g/mol. The summed E-state index contributed by atoms with van der Waals surface area (Å²) in [6.07, 6.45) is 1.51. The second kappa shape index (κ2) is 7.32. The van der Waals surface area contributed by atoms with Gasteiger partial charge in [-0.3, -0.25) is 14.5 Å². The highest BCUT2D eigenvalue weighted by atomic mass is 32.1. The van der Waals surface area contributed by atoms with Gasteiger partial charge in [-0.1, -0.05) is 18.2 Å². The van der Waals surface area contributed by atoms with E-state index in [-0.39, 0.29) is 17.7 Å². The van der Waals surface area contributed by atoms with Gasteiger partial charge >= 0.3 is 0 Å². The Balaban J connectivity index is 1.52. The summed E-state index contributed by atoms with van der Waals surface area (Å²) in [5, 5.41) is 1.23. The Morgan fingerprint density at radius 2 is 2.00 bits per heavy atom. The summed E-state index contributed by atoms with van der Waals surface area (Å²) in [4.78, 5) is 28.7. The van der Waals surface area contributed by atoms with E-state index in [1.165, 1.54) is 15.0 Å². The van der Waals surface area contributed by atoms with Crippen molar-refractivity contribution in [2.24, 2.45) is 11.7 Å². The molecular formula is C18H23N3O2S. The summed E-state index contributed by atoms with van der Waals surface area (Å²) < 4.78 is 1.25. The van der Waals surface area contributed by atoms with Gasteiger partial charge in [-0.2, -0.15) is 0 Å². The molecule has 1 aromatic carbocycles. The Morgan fingerprint density at radius 1 is 1.29 bits per heavy atom. The number of carbonyl (C=O) groups excluding carboxylic acids is 2. The molecule has 0 spiro atoms. The molecule has 2 N–H and O–H groups in total. The van der Waals surface area contributed by atoms with Crippen LogP contribution in [0.1, 0.15) is 17.7 Å². The summed E-state index contributed by atoms with van der Waals surface area (Å²) in [5.41, 5.74) is 5.35. The number of likely N-dealkylation sites (tertiary alicyclic amines) is 1. The summed E-state index contributed by atoms with van der Waals surface area (Å²) >= 11 is 1.73. The third-order valence-corrected chi connectivity index (χ3v) is 5.74. The minimum Gasteiger partial charge on any atom is -0.369 e. The number of primary amides is 1. The van der Waals surface area contributed by atoms with Gasteiger partial charge in [0.15, 0.2) is 0 Å². The molecule has 0 unspecified atom stereocenters. The van der Waals surface area contributed by atoms with Crippen molar-refractivity contribution in [3.8, 4) is 0 Å². The van der Waals surface area contributed by atoms with Gasteiger partial charge in [0.05, 0.1) is 13.1 Å². The Labute approximate surface area is 146 Å². The van der Waals surface area contributed by atoms with Crippen molar-refractivity contribution < 1.29 is 9.59 Å². The van der Waals surface area contributed by atoms with Crippen molar-refractivity contribution in [1.82, 2.24) is 9.80 Å². The highest BCUT2D eigenvalue weighted by Crippen LogP contribution is 2.26. The minimum absolute atomic E-state index is 0.0346. The first-order chi connectivity index (χ1) is 11.5. The van der Waals surface area contributed by atoms with Gasteiger partial charge in [-0.15, -0.1) is 11.3 Å². The van der Waals surface area contributed by atoms with Crippen molar-refractivity contribution in [2.75, 3.05) is 26.7 Å². The molecule has 0 bridgehead atoms. The fourth-order valence-corrected chi connectivity index (χ4v) is 4.24. The standard InChI is InChI=1S/C18H23N3O2S/c1-20(11-15-10-14-4-2-3-5-16(14)24-15)17(22)12-21-8-6-13(7-9-21)18(19)23/h2-5,10,13H,6-9,11-12H2,1H3,(H2,19,23). The lowest BCUT2D eigenvalue weighted by Crippen LogP contribution is -2.43. The highest BCUT2D eigenvalue weighted by Gasteiger charge is 2.25. The quantitative estimate of drug-likeness (QED) is 0.902. The third kappa shape index (κ3) is 3.94. The van der Waals surface area contributed by atoms with Crippen LogP contribution in [0.25, 0.3) is 10.1 Å². The van der Waals surface area contributed by atoms with Gasteiger partial charge in [0.1, 0.15) is 0 Å². The molecule has 2 heterocycles. The zero-order valence-electron chi connectivity index (χ0n) is 13.9. The van der Waals surface area contributed by atoms with E-state index in [2.05, 4.69) is 23.1 Å². The first-order valence-electron chi connectivity index (χ1n) is 8.26. The van der Waals surface area contributed by atoms with Crippen LogP contribution in [-0.2, 0) is 16.1 Å². The molecule has 2 amide bonds. The van der Waals surface area contributed by atoms with Crippen LogP contribution in [0.2, 0.25) is 0 Å². The van der Waals surface area contributed by atoms with Gasteiger partial charge < -0.3 is 10.6 Å². The lowest BCUT2D eigenvalue weighted by Gasteiger charge is -2.31. The van der Waals surface area contributed by atoms with Gasteiger partial charge in [-0.25, -0.2) is 0 Å². The average Bonchev–Trinajstić information content (AvgIpc) is 2.97. The zero-order valence-corrected chi connectivity index (χ0v) is 14.7. The molecule has 5 nitrogen and oxygen atoms in total. The monoisotopic (exact) mass is 345 g/mol. The van der Waals surface area contributed by atoms with Crippen molar-refractivity contribution in [2.45, 2.75) is 19.4 Å². The maximum atomic E-state index is 12.4. The number of hydrogen-bond acceptors (Lipinski definition) is 4. The zero-order chi connectivity index (χ0) is 17.1. The third-order valence-electron chi connectivity index (χ3n) is 4.64. The fourth-order valence-electron chi connectivity index (χ4n) is 3.12. The van der Waals surface area contributed by atoms with Crippen LogP contribution >= 0.6 is 11.3 Å². The van der Waals surface area contributed by atoms with E-state index >= 15 is 0 Å². The number of carbonyl (C=O) groups is 2. The molecule has 0 atom stereocenters. The molecule has 1 aliphatic rings. The van der Waals surface area contributed by atoms with Gasteiger partial charge in [0.2, 0.25) is 11.8 Å². The van der Waals surface area contributed by atoms with E-state index in [4.69, 9.17) is 5.73 Å².